The fourth-order valence-corrected chi connectivity index (χ4v) is 1.89. The standard InChI is InChI=1S/C11H18N2O2S/c1-2-3-4-9-13-10-5-7-11(8-6-10)16(12,14)15/h5-8,13H,2-4,9H2,1H3,(H2,12,14,15). The van der Waals surface area contributed by atoms with Crippen molar-refractivity contribution in [3.8, 4) is 0 Å². The van der Waals surface area contributed by atoms with E-state index in [0.717, 1.165) is 18.7 Å². The van der Waals surface area contributed by atoms with Crippen LogP contribution in [0.25, 0.3) is 0 Å². The minimum Gasteiger partial charge on any atom is -0.385 e. The Balaban J connectivity index is 2.52. The van der Waals surface area contributed by atoms with E-state index in [1.807, 2.05) is 0 Å². The number of benzene rings is 1. The molecule has 0 saturated heterocycles. The first-order valence-electron chi connectivity index (χ1n) is 5.41. The Hall–Kier alpha value is -1.07. The monoisotopic (exact) mass is 242 g/mol. The molecule has 0 aliphatic rings. The van der Waals surface area contributed by atoms with Gasteiger partial charge in [-0.15, -0.1) is 0 Å². The summed E-state index contributed by atoms with van der Waals surface area (Å²) in [4.78, 5) is 0.145. The number of rotatable bonds is 6. The molecule has 0 unspecified atom stereocenters. The SMILES string of the molecule is CCCCCNc1ccc(S(N)(=O)=O)cc1. The van der Waals surface area contributed by atoms with Crippen molar-refractivity contribution >= 4 is 15.7 Å². The second-order valence-electron chi connectivity index (χ2n) is 3.70. The van der Waals surface area contributed by atoms with Gasteiger partial charge in [-0.25, -0.2) is 13.6 Å². The van der Waals surface area contributed by atoms with Gasteiger partial charge in [0.05, 0.1) is 4.90 Å². The molecule has 5 heteroatoms. The van der Waals surface area contributed by atoms with Crippen LogP contribution in [0, 0.1) is 0 Å². The number of nitrogens with two attached hydrogens (primary N) is 1. The Bertz CT molecular complexity index is 412. The Labute approximate surface area is 96.9 Å². The lowest BCUT2D eigenvalue weighted by Gasteiger charge is -2.06. The third-order valence-corrected chi connectivity index (χ3v) is 3.22. The predicted molar refractivity (Wildman–Crippen MR) is 65.8 cm³/mol. The first kappa shape index (κ1) is 13.0. The molecular weight excluding hydrogens is 224 g/mol. The molecule has 0 bridgehead atoms. The lowest BCUT2D eigenvalue weighted by molar-refractivity contribution is 0.598. The van der Waals surface area contributed by atoms with Crippen molar-refractivity contribution in [2.24, 2.45) is 5.14 Å². The average molecular weight is 242 g/mol. The molecule has 16 heavy (non-hydrogen) atoms. The maximum atomic E-state index is 11.0. The number of anilines is 1. The summed E-state index contributed by atoms with van der Waals surface area (Å²) in [6.07, 6.45) is 3.50. The smallest absolute Gasteiger partial charge is 0.238 e. The average Bonchev–Trinajstić information content (AvgIpc) is 2.24. The van der Waals surface area contributed by atoms with Gasteiger partial charge in [0.15, 0.2) is 0 Å². The molecule has 3 N–H and O–H groups in total. The quantitative estimate of drug-likeness (QED) is 0.749. The van der Waals surface area contributed by atoms with Crippen LogP contribution in [0.5, 0.6) is 0 Å². The zero-order valence-corrected chi connectivity index (χ0v) is 10.3. The van der Waals surface area contributed by atoms with E-state index >= 15 is 0 Å². The van der Waals surface area contributed by atoms with E-state index in [9.17, 15) is 8.42 Å². The molecular formula is C11H18N2O2S. The Morgan fingerprint density at radius 2 is 1.81 bits per heavy atom. The minimum absolute atomic E-state index is 0.145. The predicted octanol–water partition coefficient (Wildman–Crippen LogP) is 1.94. The summed E-state index contributed by atoms with van der Waals surface area (Å²) in [5.41, 5.74) is 0.920. The fourth-order valence-electron chi connectivity index (χ4n) is 1.37. The van der Waals surface area contributed by atoms with Gasteiger partial charge in [-0.1, -0.05) is 19.8 Å². The molecule has 0 atom stereocenters. The molecule has 0 saturated carbocycles. The number of sulfonamides is 1. The van der Waals surface area contributed by atoms with Crippen molar-refractivity contribution < 1.29 is 8.42 Å². The summed E-state index contributed by atoms with van der Waals surface area (Å²) in [6, 6.07) is 6.48. The zero-order chi connectivity index (χ0) is 12.0. The number of nitrogens with one attached hydrogen (secondary N) is 1. The summed E-state index contributed by atoms with van der Waals surface area (Å²) in [6.45, 7) is 3.06. The van der Waals surface area contributed by atoms with Gasteiger partial charge in [0, 0.05) is 12.2 Å². The Morgan fingerprint density at radius 3 is 2.31 bits per heavy atom. The Morgan fingerprint density at radius 1 is 1.19 bits per heavy atom. The molecule has 0 aromatic heterocycles. The first-order valence-corrected chi connectivity index (χ1v) is 6.95. The highest BCUT2D eigenvalue weighted by atomic mass is 32.2. The third-order valence-electron chi connectivity index (χ3n) is 2.29. The third kappa shape index (κ3) is 4.20. The van der Waals surface area contributed by atoms with Gasteiger partial charge in [-0.3, -0.25) is 0 Å². The molecule has 0 radical (unpaired) electrons. The molecule has 0 heterocycles. The van der Waals surface area contributed by atoms with Gasteiger partial charge in [0.1, 0.15) is 0 Å². The van der Waals surface area contributed by atoms with Crippen molar-refractivity contribution in [2.75, 3.05) is 11.9 Å². The summed E-state index contributed by atoms with van der Waals surface area (Å²) in [7, 11) is -3.58. The van der Waals surface area contributed by atoms with E-state index in [-0.39, 0.29) is 4.90 Å². The molecule has 0 spiro atoms. The van der Waals surface area contributed by atoms with E-state index < -0.39 is 10.0 Å². The molecule has 0 amide bonds. The maximum Gasteiger partial charge on any atom is 0.238 e. The molecule has 0 aliphatic carbocycles. The maximum absolute atomic E-state index is 11.0. The van der Waals surface area contributed by atoms with E-state index in [1.165, 1.54) is 25.0 Å². The fraction of sp³-hybridized carbons (Fsp3) is 0.455. The normalized spacial score (nSPS) is 11.4. The van der Waals surface area contributed by atoms with Crippen LogP contribution in [0.15, 0.2) is 29.2 Å². The Kier molecular flexibility index (Phi) is 4.76. The highest BCUT2D eigenvalue weighted by molar-refractivity contribution is 7.89. The molecule has 0 aliphatic heterocycles. The van der Waals surface area contributed by atoms with Crippen LogP contribution in [0.1, 0.15) is 26.2 Å². The largest absolute Gasteiger partial charge is 0.385 e. The number of hydrogen-bond donors (Lipinski definition) is 2. The van der Waals surface area contributed by atoms with E-state index in [1.54, 1.807) is 12.1 Å². The van der Waals surface area contributed by atoms with Gasteiger partial charge in [-0.05, 0) is 30.7 Å². The van der Waals surface area contributed by atoms with Crippen LogP contribution in [0.3, 0.4) is 0 Å². The molecule has 1 rings (SSSR count). The van der Waals surface area contributed by atoms with Crippen LogP contribution in [0.4, 0.5) is 5.69 Å². The number of unbranched alkanes of at least 4 members (excludes halogenated alkanes) is 2. The van der Waals surface area contributed by atoms with Gasteiger partial charge in [-0.2, -0.15) is 0 Å². The number of primary sulfonamides is 1. The van der Waals surface area contributed by atoms with Crippen molar-refractivity contribution in [3.05, 3.63) is 24.3 Å². The van der Waals surface area contributed by atoms with Crippen LogP contribution < -0.4 is 10.5 Å². The zero-order valence-electron chi connectivity index (χ0n) is 9.44. The van der Waals surface area contributed by atoms with Crippen LogP contribution in [-0.2, 0) is 10.0 Å². The van der Waals surface area contributed by atoms with Gasteiger partial charge in [0.25, 0.3) is 0 Å². The van der Waals surface area contributed by atoms with Crippen LogP contribution in [0.2, 0.25) is 0 Å². The summed E-state index contributed by atoms with van der Waals surface area (Å²) in [5.74, 6) is 0. The molecule has 4 nitrogen and oxygen atoms in total. The first-order chi connectivity index (χ1) is 7.54. The summed E-state index contributed by atoms with van der Waals surface area (Å²) >= 11 is 0. The van der Waals surface area contributed by atoms with Gasteiger partial charge in [0.2, 0.25) is 10.0 Å². The second-order valence-corrected chi connectivity index (χ2v) is 5.26. The van der Waals surface area contributed by atoms with E-state index in [0.29, 0.717) is 0 Å². The van der Waals surface area contributed by atoms with Crippen molar-refractivity contribution in [2.45, 2.75) is 31.1 Å². The van der Waals surface area contributed by atoms with Crippen LogP contribution in [-0.4, -0.2) is 15.0 Å². The van der Waals surface area contributed by atoms with E-state index in [4.69, 9.17) is 5.14 Å². The van der Waals surface area contributed by atoms with E-state index in [2.05, 4.69) is 12.2 Å². The molecule has 90 valence electrons. The second kappa shape index (κ2) is 5.86. The highest BCUT2D eigenvalue weighted by Gasteiger charge is 2.05. The summed E-state index contributed by atoms with van der Waals surface area (Å²) in [5, 5.41) is 8.22. The number of hydrogen-bond acceptors (Lipinski definition) is 3. The highest BCUT2D eigenvalue weighted by Crippen LogP contribution is 2.12. The minimum atomic E-state index is -3.58. The molecule has 0 fully saturated rings. The lowest BCUT2D eigenvalue weighted by Crippen LogP contribution is -2.12. The van der Waals surface area contributed by atoms with Gasteiger partial charge >= 0.3 is 0 Å². The summed E-state index contributed by atoms with van der Waals surface area (Å²) < 4.78 is 22.0. The van der Waals surface area contributed by atoms with Crippen LogP contribution >= 0.6 is 0 Å². The van der Waals surface area contributed by atoms with Crippen molar-refractivity contribution in [3.63, 3.8) is 0 Å². The van der Waals surface area contributed by atoms with Crippen molar-refractivity contribution in [1.82, 2.24) is 0 Å². The molecule has 1 aromatic carbocycles. The van der Waals surface area contributed by atoms with Gasteiger partial charge < -0.3 is 5.32 Å². The lowest BCUT2D eigenvalue weighted by atomic mass is 10.2. The molecule has 1 aromatic rings. The topological polar surface area (TPSA) is 72.2 Å². The van der Waals surface area contributed by atoms with Crippen molar-refractivity contribution in [1.29, 1.82) is 0 Å².